The number of ether oxygens (including phenoxy) is 2. The van der Waals surface area contributed by atoms with Gasteiger partial charge in [-0.25, -0.2) is 4.79 Å². The Morgan fingerprint density at radius 1 is 1.39 bits per heavy atom. The van der Waals surface area contributed by atoms with Crippen molar-refractivity contribution in [2.45, 2.75) is 46.8 Å². The van der Waals surface area contributed by atoms with Gasteiger partial charge in [0.05, 0.1) is 11.6 Å². The van der Waals surface area contributed by atoms with Crippen molar-refractivity contribution in [2.24, 2.45) is 0 Å². The van der Waals surface area contributed by atoms with Crippen LogP contribution in [0.2, 0.25) is 0 Å². The maximum absolute atomic E-state index is 11.4. The topological polar surface area (TPSA) is 69.6 Å². The van der Waals surface area contributed by atoms with Crippen LogP contribution in [0.1, 0.15) is 45.1 Å². The SMILES string of the molecule is CC.CC(C)(C)OC=O.CNCCn1ccc(Br)c1C(=O)OC. The van der Waals surface area contributed by atoms with Crippen LogP contribution in [0.3, 0.4) is 0 Å². The van der Waals surface area contributed by atoms with Gasteiger partial charge in [0.15, 0.2) is 0 Å². The second-order valence-corrected chi connectivity index (χ2v) is 5.98. The van der Waals surface area contributed by atoms with Crippen LogP contribution < -0.4 is 5.32 Å². The van der Waals surface area contributed by atoms with E-state index in [4.69, 9.17) is 0 Å². The summed E-state index contributed by atoms with van der Waals surface area (Å²) in [6, 6.07) is 1.84. The van der Waals surface area contributed by atoms with Gasteiger partial charge >= 0.3 is 5.97 Å². The van der Waals surface area contributed by atoms with Gasteiger partial charge < -0.3 is 19.4 Å². The Bertz CT molecular complexity index is 453. The number of likely N-dealkylation sites (N-methyl/N-ethyl adjacent to an activating group) is 1. The highest BCUT2D eigenvalue weighted by atomic mass is 79.9. The van der Waals surface area contributed by atoms with Crippen LogP contribution in [0.25, 0.3) is 0 Å². The number of methoxy groups -OCH3 is 1. The average Bonchev–Trinajstić information content (AvgIpc) is 2.86. The van der Waals surface area contributed by atoms with Crippen LogP contribution in [-0.2, 0) is 20.8 Å². The van der Waals surface area contributed by atoms with Gasteiger partial charge in [0.2, 0.25) is 0 Å². The molecule has 1 N–H and O–H groups in total. The van der Waals surface area contributed by atoms with Crippen molar-refractivity contribution in [3.8, 4) is 0 Å². The number of esters is 1. The Hall–Kier alpha value is -1.34. The van der Waals surface area contributed by atoms with Gasteiger partial charge in [-0.3, -0.25) is 4.79 Å². The molecule has 0 amide bonds. The van der Waals surface area contributed by atoms with Gasteiger partial charge in [0.1, 0.15) is 11.3 Å². The van der Waals surface area contributed by atoms with Crippen molar-refractivity contribution >= 4 is 28.4 Å². The predicted octanol–water partition coefficient (Wildman–Crippen LogP) is 3.24. The molecule has 1 aromatic heterocycles. The molecular weight excluding hydrogens is 364 g/mol. The summed E-state index contributed by atoms with van der Waals surface area (Å²) in [5.74, 6) is -0.321. The Kier molecular flexibility index (Phi) is 13.7. The summed E-state index contributed by atoms with van der Waals surface area (Å²) in [7, 11) is 3.25. The summed E-state index contributed by atoms with van der Waals surface area (Å²) < 4.78 is 11.9. The van der Waals surface area contributed by atoms with E-state index in [-0.39, 0.29) is 11.6 Å². The van der Waals surface area contributed by atoms with Crippen molar-refractivity contribution in [3.63, 3.8) is 0 Å². The van der Waals surface area contributed by atoms with Crippen LogP contribution in [-0.4, -0.2) is 43.3 Å². The minimum atomic E-state index is -0.321. The second kappa shape index (κ2) is 13.1. The minimum Gasteiger partial charge on any atom is -0.464 e. The molecule has 0 radical (unpaired) electrons. The first-order valence-electron chi connectivity index (χ1n) is 7.45. The van der Waals surface area contributed by atoms with Gasteiger partial charge in [-0.15, -0.1) is 0 Å². The summed E-state index contributed by atoms with van der Waals surface area (Å²) in [6.45, 7) is 11.5. The third-order valence-corrected chi connectivity index (χ3v) is 2.94. The van der Waals surface area contributed by atoms with E-state index < -0.39 is 0 Å². The van der Waals surface area contributed by atoms with E-state index in [1.54, 1.807) is 0 Å². The summed E-state index contributed by atoms with van der Waals surface area (Å²) >= 11 is 3.31. The number of hydrogen-bond donors (Lipinski definition) is 1. The van der Waals surface area contributed by atoms with Gasteiger partial charge in [-0.1, -0.05) is 13.8 Å². The summed E-state index contributed by atoms with van der Waals surface area (Å²) in [5, 5.41) is 3.02. The zero-order valence-electron chi connectivity index (χ0n) is 15.1. The normalized spacial score (nSPS) is 9.74. The minimum absolute atomic E-state index is 0.318. The van der Waals surface area contributed by atoms with E-state index >= 15 is 0 Å². The lowest BCUT2D eigenvalue weighted by molar-refractivity contribution is -0.138. The molecule has 0 bridgehead atoms. The molecule has 1 heterocycles. The smallest absolute Gasteiger partial charge is 0.355 e. The molecule has 7 heteroatoms. The fourth-order valence-electron chi connectivity index (χ4n) is 1.32. The molecule has 0 aliphatic rings. The number of rotatable bonds is 5. The maximum atomic E-state index is 11.4. The Labute approximate surface area is 147 Å². The van der Waals surface area contributed by atoms with E-state index in [1.165, 1.54) is 7.11 Å². The lowest BCUT2D eigenvalue weighted by Crippen LogP contribution is -2.18. The van der Waals surface area contributed by atoms with E-state index in [1.807, 2.05) is 58.5 Å². The predicted molar refractivity (Wildman–Crippen MR) is 95.6 cm³/mol. The molecule has 0 spiro atoms. The Morgan fingerprint density at radius 3 is 2.30 bits per heavy atom. The van der Waals surface area contributed by atoms with Crippen molar-refractivity contribution in [1.29, 1.82) is 0 Å². The monoisotopic (exact) mass is 392 g/mol. The van der Waals surface area contributed by atoms with Crippen molar-refractivity contribution < 1.29 is 19.1 Å². The lowest BCUT2D eigenvalue weighted by Gasteiger charge is -2.14. The van der Waals surface area contributed by atoms with Crippen LogP contribution >= 0.6 is 15.9 Å². The number of halogens is 1. The Balaban J connectivity index is 0. The lowest BCUT2D eigenvalue weighted by atomic mass is 10.2. The number of nitrogens with one attached hydrogen (secondary N) is 1. The third kappa shape index (κ3) is 10.9. The number of carbonyl (C=O) groups excluding carboxylic acids is 2. The van der Waals surface area contributed by atoms with Gasteiger partial charge in [0, 0.05) is 19.3 Å². The highest BCUT2D eigenvalue weighted by molar-refractivity contribution is 9.10. The molecule has 1 aromatic rings. The van der Waals surface area contributed by atoms with Gasteiger partial charge in [0.25, 0.3) is 6.47 Å². The summed E-state index contributed by atoms with van der Waals surface area (Å²) in [4.78, 5) is 21.0. The summed E-state index contributed by atoms with van der Waals surface area (Å²) in [5.41, 5.74) is 0.240. The van der Waals surface area contributed by atoms with Crippen LogP contribution in [0.5, 0.6) is 0 Å². The molecule has 134 valence electrons. The number of nitrogens with zero attached hydrogens (tertiary/aromatic N) is 1. The average molecular weight is 393 g/mol. The van der Waals surface area contributed by atoms with Crippen LogP contribution in [0, 0.1) is 0 Å². The van der Waals surface area contributed by atoms with Crippen LogP contribution in [0.4, 0.5) is 0 Å². The number of carbonyl (C=O) groups is 2. The first kappa shape index (κ1) is 23.9. The highest BCUT2D eigenvalue weighted by Crippen LogP contribution is 2.18. The zero-order valence-corrected chi connectivity index (χ0v) is 16.7. The van der Waals surface area contributed by atoms with E-state index in [2.05, 4.69) is 30.7 Å². The standard InChI is InChI=1S/C9H13BrN2O2.C5H10O2.C2H6/c1-11-4-6-12-5-3-7(10)8(12)9(13)14-2;1-5(2,3)7-4-6;1-2/h3,5,11H,4,6H2,1-2H3;4H,1-3H3;1-2H3. The first-order valence-corrected chi connectivity index (χ1v) is 8.25. The summed E-state index contributed by atoms with van der Waals surface area (Å²) in [6.07, 6.45) is 1.85. The van der Waals surface area contributed by atoms with E-state index in [0.29, 0.717) is 12.2 Å². The third-order valence-electron chi connectivity index (χ3n) is 2.30. The fraction of sp³-hybridized carbons (Fsp3) is 0.625. The van der Waals surface area contributed by atoms with Crippen LogP contribution in [0.15, 0.2) is 16.7 Å². The molecule has 0 atom stereocenters. The largest absolute Gasteiger partial charge is 0.464 e. The van der Waals surface area contributed by atoms with Crippen molar-refractivity contribution in [3.05, 3.63) is 22.4 Å². The van der Waals surface area contributed by atoms with Gasteiger partial charge in [-0.05, 0) is 49.8 Å². The quantitative estimate of drug-likeness (QED) is 0.615. The molecule has 0 aromatic carbocycles. The molecule has 1 rings (SSSR count). The molecule has 23 heavy (non-hydrogen) atoms. The number of hydrogen-bond acceptors (Lipinski definition) is 5. The van der Waals surface area contributed by atoms with E-state index in [0.717, 1.165) is 17.6 Å². The Morgan fingerprint density at radius 2 is 1.96 bits per heavy atom. The first-order chi connectivity index (χ1) is 10.8. The zero-order chi connectivity index (χ0) is 18.5. The molecule has 0 aliphatic heterocycles. The molecule has 0 saturated heterocycles. The molecule has 0 fully saturated rings. The van der Waals surface area contributed by atoms with Gasteiger partial charge in [-0.2, -0.15) is 0 Å². The second-order valence-electron chi connectivity index (χ2n) is 5.13. The van der Waals surface area contributed by atoms with E-state index in [9.17, 15) is 9.59 Å². The molecule has 0 unspecified atom stereocenters. The number of aromatic nitrogens is 1. The highest BCUT2D eigenvalue weighted by Gasteiger charge is 2.15. The fourth-order valence-corrected chi connectivity index (χ4v) is 1.83. The molecule has 0 aliphatic carbocycles. The molecular formula is C16H29BrN2O4. The maximum Gasteiger partial charge on any atom is 0.355 e. The molecule has 6 nitrogen and oxygen atoms in total. The van der Waals surface area contributed by atoms with Crippen molar-refractivity contribution in [2.75, 3.05) is 20.7 Å². The van der Waals surface area contributed by atoms with Crippen molar-refractivity contribution in [1.82, 2.24) is 9.88 Å². The molecule has 0 saturated carbocycles.